The maximum Gasteiger partial charge on any atom is 0.409 e. The lowest BCUT2D eigenvalue weighted by molar-refractivity contribution is -0.387. The molecule has 5 N–H and O–H groups in total. The largest absolute Gasteiger partial charge is 0.479 e. The number of carbonyl (C=O) groups is 3. The summed E-state index contributed by atoms with van der Waals surface area (Å²) in [7, 11) is 3.04. The fourth-order valence-electron chi connectivity index (χ4n) is 6.73. The predicted molar refractivity (Wildman–Crippen MR) is 199 cm³/mol. The fourth-order valence-corrected chi connectivity index (χ4v) is 7.86. The Labute approximate surface area is 326 Å². The van der Waals surface area contributed by atoms with E-state index in [1.54, 1.807) is 19.3 Å². The van der Waals surface area contributed by atoms with Crippen molar-refractivity contribution < 1.29 is 62.4 Å². The van der Waals surface area contributed by atoms with Crippen LogP contribution in [0.25, 0.3) is 11.0 Å². The van der Waals surface area contributed by atoms with Gasteiger partial charge in [0.1, 0.15) is 37.1 Å². The quantitative estimate of drug-likeness (QED) is 0.108. The summed E-state index contributed by atoms with van der Waals surface area (Å²) >= 11 is 0. The number of nitrogens with one attached hydrogen (secondary N) is 1. The van der Waals surface area contributed by atoms with E-state index in [-0.39, 0.29) is 36.4 Å². The number of carboxylic acid groups (broad SMARTS) is 1. The molecule has 22 nitrogen and oxygen atoms in total. The van der Waals surface area contributed by atoms with Crippen molar-refractivity contribution in [2.75, 3.05) is 51.9 Å². The number of hydrogen-bond acceptors (Lipinski definition) is 16. The van der Waals surface area contributed by atoms with Crippen LogP contribution < -0.4 is 14.4 Å². The van der Waals surface area contributed by atoms with E-state index in [0.29, 0.717) is 16.9 Å². The lowest BCUT2D eigenvalue weighted by Crippen LogP contribution is -2.61. The van der Waals surface area contributed by atoms with Crippen LogP contribution in [0.5, 0.6) is 5.75 Å². The van der Waals surface area contributed by atoms with Crippen LogP contribution in [-0.2, 0) is 30.9 Å². The maximum absolute atomic E-state index is 13.5. The number of sulfonamides is 1. The van der Waals surface area contributed by atoms with Gasteiger partial charge in [-0.25, -0.2) is 37.5 Å². The van der Waals surface area contributed by atoms with E-state index < -0.39 is 81.8 Å². The standard InChI is InChI=1S/C34H46N8O14S/c1-35-57(52,53)17-19-5-8-21(9-6-19)40(4)29-22-11-12-41(30(22)37-18-36-29)33(48)38(2)13-14-39(3)34(49)54-16-20-7-10-24(23(15-20)42(50)51)55-32-27(45)25(43)26(44)28(56-32)31(46)47/h7,10-12,15,18-19,21,25-28,32,35,43-45H,5-6,8-9,13-14,16-17H2,1-4H3,(H,46,47)/t19?,21?,25-,26-,27+,28-,32+/m0/s1. The number of carbonyl (C=O) groups excluding carboxylic acids is 2. The predicted octanol–water partition coefficient (Wildman–Crippen LogP) is 0.323. The first-order valence-electron chi connectivity index (χ1n) is 17.9. The fraction of sp³-hybridized carbons (Fsp3) is 0.559. The minimum absolute atomic E-state index is 0.0517. The van der Waals surface area contributed by atoms with Crippen molar-refractivity contribution in [1.29, 1.82) is 0 Å². The van der Waals surface area contributed by atoms with Crippen molar-refractivity contribution in [3.8, 4) is 5.75 Å². The zero-order chi connectivity index (χ0) is 41.8. The highest BCUT2D eigenvalue weighted by atomic mass is 32.2. The number of carboxylic acids is 1. The molecule has 1 aromatic carbocycles. The van der Waals surface area contributed by atoms with Gasteiger partial charge in [-0.15, -0.1) is 0 Å². The minimum atomic E-state index is -3.29. The molecule has 2 aromatic heterocycles. The van der Waals surface area contributed by atoms with E-state index in [0.717, 1.165) is 37.8 Å². The van der Waals surface area contributed by atoms with Gasteiger partial charge in [0.2, 0.25) is 16.3 Å². The molecule has 0 spiro atoms. The second kappa shape index (κ2) is 17.9. The summed E-state index contributed by atoms with van der Waals surface area (Å²) in [5, 5.41) is 51.8. The van der Waals surface area contributed by atoms with Gasteiger partial charge in [0.25, 0.3) is 0 Å². The molecule has 0 unspecified atom stereocenters. The number of aliphatic carboxylic acids is 1. The van der Waals surface area contributed by atoms with E-state index in [9.17, 15) is 53.3 Å². The van der Waals surface area contributed by atoms with Crippen LogP contribution in [-0.4, -0.2) is 160 Å². The number of anilines is 1. The Kier molecular flexibility index (Phi) is 13.5. The Bertz CT molecular complexity index is 2060. The van der Waals surface area contributed by atoms with Gasteiger partial charge in [-0.05, 0) is 56.3 Å². The van der Waals surface area contributed by atoms with E-state index in [4.69, 9.17) is 14.2 Å². The summed E-state index contributed by atoms with van der Waals surface area (Å²) in [6.07, 6.45) is -4.52. The number of nitro benzene ring substituents is 1. The number of likely N-dealkylation sites (N-methyl/N-ethyl adjacent to an activating group) is 2. The van der Waals surface area contributed by atoms with Gasteiger partial charge >= 0.3 is 23.8 Å². The smallest absolute Gasteiger partial charge is 0.409 e. The molecule has 5 rings (SSSR count). The Balaban J connectivity index is 1.14. The third-order valence-electron chi connectivity index (χ3n) is 10.2. The summed E-state index contributed by atoms with van der Waals surface area (Å²) < 4.78 is 43.5. The van der Waals surface area contributed by atoms with E-state index >= 15 is 0 Å². The molecule has 312 valence electrons. The molecule has 2 amide bonds. The Morgan fingerprint density at radius 2 is 1.70 bits per heavy atom. The first kappa shape index (κ1) is 42.9. The average molecular weight is 823 g/mol. The summed E-state index contributed by atoms with van der Waals surface area (Å²) in [4.78, 5) is 62.2. The number of ether oxygens (including phenoxy) is 3. The van der Waals surface area contributed by atoms with Crippen LogP contribution in [0.2, 0.25) is 0 Å². The second-order valence-electron chi connectivity index (χ2n) is 14.0. The average Bonchev–Trinajstić information content (AvgIpc) is 3.63. The number of aromatic nitrogens is 3. The highest BCUT2D eigenvalue weighted by Gasteiger charge is 2.48. The molecule has 0 bridgehead atoms. The topological polar surface area (TPSA) is 290 Å². The van der Waals surface area contributed by atoms with Gasteiger partial charge in [0, 0.05) is 52.5 Å². The highest BCUT2D eigenvalue weighted by molar-refractivity contribution is 7.89. The maximum atomic E-state index is 13.5. The number of aliphatic hydroxyl groups excluding tert-OH is 3. The molecule has 0 radical (unpaired) electrons. The molecule has 2 aliphatic rings. The molecule has 2 fully saturated rings. The molecule has 1 saturated carbocycles. The van der Waals surface area contributed by atoms with Crippen molar-refractivity contribution in [2.45, 2.75) is 69.0 Å². The Morgan fingerprint density at radius 1 is 1.02 bits per heavy atom. The number of nitro groups is 1. The van der Waals surface area contributed by atoms with Crippen LogP contribution >= 0.6 is 0 Å². The van der Waals surface area contributed by atoms with Crippen molar-refractivity contribution in [3.63, 3.8) is 0 Å². The Morgan fingerprint density at radius 3 is 2.35 bits per heavy atom. The number of benzene rings is 1. The van der Waals surface area contributed by atoms with Crippen LogP contribution in [0.3, 0.4) is 0 Å². The molecular formula is C34H46N8O14S. The van der Waals surface area contributed by atoms with Crippen molar-refractivity contribution in [3.05, 3.63) is 52.5 Å². The second-order valence-corrected chi connectivity index (χ2v) is 16.0. The van der Waals surface area contributed by atoms with Gasteiger partial charge in [0.15, 0.2) is 17.5 Å². The molecule has 3 heterocycles. The van der Waals surface area contributed by atoms with Crippen molar-refractivity contribution >= 4 is 50.7 Å². The number of nitrogens with zero attached hydrogens (tertiary/aromatic N) is 7. The number of rotatable bonds is 14. The molecule has 57 heavy (non-hydrogen) atoms. The first-order valence-corrected chi connectivity index (χ1v) is 19.5. The first-order chi connectivity index (χ1) is 26.9. The lowest BCUT2D eigenvalue weighted by Gasteiger charge is -2.38. The van der Waals surface area contributed by atoms with Crippen molar-refractivity contribution in [1.82, 2.24) is 29.1 Å². The van der Waals surface area contributed by atoms with E-state index in [1.165, 1.54) is 40.9 Å². The number of hydrogen-bond donors (Lipinski definition) is 5. The summed E-state index contributed by atoms with van der Waals surface area (Å²) in [5.74, 6) is -1.31. The highest BCUT2D eigenvalue weighted by Crippen LogP contribution is 2.34. The normalized spacial score (nSPS) is 23.7. The molecule has 1 aliphatic heterocycles. The van der Waals surface area contributed by atoms with Crippen LogP contribution in [0.1, 0.15) is 31.2 Å². The zero-order valence-electron chi connectivity index (χ0n) is 31.6. The molecule has 1 saturated heterocycles. The third-order valence-corrected chi connectivity index (χ3v) is 11.7. The van der Waals surface area contributed by atoms with Gasteiger partial charge in [-0.1, -0.05) is 6.07 Å². The van der Waals surface area contributed by atoms with Gasteiger partial charge < -0.3 is 49.3 Å². The molecule has 3 aromatic rings. The molecular weight excluding hydrogens is 776 g/mol. The molecule has 1 aliphatic carbocycles. The zero-order valence-corrected chi connectivity index (χ0v) is 32.4. The lowest BCUT2D eigenvalue weighted by atomic mass is 9.86. The monoisotopic (exact) mass is 822 g/mol. The molecule has 5 atom stereocenters. The Hall–Kier alpha value is -5.20. The van der Waals surface area contributed by atoms with E-state index in [1.807, 2.05) is 11.9 Å². The summed E-state index contributed by atoms with van der Waals surface area (Å²) in [6.45, 7) is -0.259. The van der Waals surface area contributed by atoms with E-state index in [2.05, 4.69) is 14.7 Å². The van der Waals surface area contributed by atoms with Gasteiger partial charge in [0.05, 0.1) is 16.1 Å². The summed E-state index contributed by atoms with van der Waals surface area (Å²) in [6, 6.07) is 4.91. The number of fused-ring (bicyclic) bond motifs is 1. The third kappa shape index (κ3) is 9.85. The summed E-state index contributed by atoms with van der Waals surface area (Å²) in [5.41, 5.74) is -0.0883. The van der Waals surface area contributed by atoms with Crippen molar-refractivity contribution in [2.24, 2.45) is 5.92 Å². The molecule has 23 heteroatoms. The SMILES string of the molecule is CNS(=O)(=O)CC1CCC(N(C)c2ncnc3c2ccn3C(=O)N(C)CCN(C)C(=O)OCc2ccc(O[C@@H]3O[C@H](C(=O)O)[C@@H](O)[C@H](O)[C@H]3O)c([N+](=O)[O-])c2)CC1. The van der Waals surface area contributed by atoms with Gasteiger partial charge in [-0.2, -0.15) is 0 Å². The minimum Gasteiger partial charge on any atom is -0.479 e. The van der Waals surface area contributed by atoms with Crippen LogP contribution in [0.4, 0.5) is 21.1 Å². The number of aliphatic hydroxyl groups is 3. The van der Waals surface area contributed by atoms with Crippen LogP contribution in [0, 0.1) is 16.0 Å². The van der Waals surface area contributed by atoms with Crippen LogP contribution in [0.15, 0.2) is 36.8 Å². The van der Waals surface area contributed by atoms with Gasteiger partial charge in [-0.3, -0.25) is 14.7 Å². The number of amides is 2.